The Balaban J connectivity index is 1.20. The molecule has 3 aliphatic heterocycles. The van der Waals surface area contributed by atoms with Crippen LogP contribution >= 0.6 is 0 Å². The van der Waals surface area contributed by atoms with Gasteiger partial charge in [-0.2, -0.15) is 0 Å². The lowest BCUT2D eigenvalue weighted by molar-refractivity contribution is -0.0168. The van der Waals surface area contributed by atoms with E-state index < -0.39 is 0 Å². The number of fused-ring (bicyclic) bond motifs is 3. The number of ether oxygens (including phenoxy) is 1. The summed E-state index contributed by atoms with van der Waals surface area (Å²) in [5, 5.41) is 13.7. The van der Waals surface area contributed by atoms with E-state index in [0.717, 1.165) is 48.1 Å². The molecule has 35 heavy (non-hydrogen) atoms. The Morgan fingerprint density at radius 2 is 2.00 bits per heavy atom. The molecular formula is C26H26N8O. The molecule has 2 aromatic heterocycles. The van der Waals surface area contributed by atoms with Crippen LogP contribution in [0.5, 0.6) is 0 Å². The topological polar surface area (TPSA) is 86.6 Å². The van der Waals surface area contributed by atoms with Gasteiger partial charge in [0.15, 0.2) is 0 Å². The first-order valence-electron chi connectivity index (χ1n) is 12.0. The van der Waals surface area contributed by atoms with Crippen LogP contribution < -0.4 is 5.32 Å². The SMILES string of the molecule is C1=NC(c2cccc3[nH]ccc23)NC2=C1N(Cc1cn(-c3ccccc3)nn1)CC1COCCN21. The number of aliphatic imine (C=N–C) groups is 1. The van der Waals surface area contributed by atoms with Crippen molar-refractivity contribution in [2.75, 3.05) is 26.3 Å². The number of aromatic nitrogens is 4. The Morgan fingerprint density at radius 1 is 1.06 bits per heavy atom. The number of allylic oxidation sites excluding steroid dienone is 1. The van der Waals surface area contributed by atoms with Gasteiger partial charge in [-0.05, 0) is 24.3 Å². The number of hydrogen-bond acceptors (Lipinski definition) is 7. The van der Waals surface area contributed by atoms with Crippen molar-refractivity contribution in [3.8, 4) is 5.69 Å². The summed E-state index contributed by atoms with van der Waals surface area (Å²) in [7, 11) is 0. The Morgan fingerprint density at radius 3 is 2.94 bits per heavy atom. The molecule has 4 aromatic rings. The van der Waals surface area contributed by atoms with Gasteiger partial charge >= 0.3 is 0 Å². The first kappa shape index (κ1) is 20.3. The Labute approximate surface area is 202 Å². The molecule has 2 unspecified atom stereocenters. The molecular weight excluding hydrogens is 440 g/mol. The zero-order valence-corrected chi connectivity index (χ0v) is 19.2. The monoisotopic (exact) mass is 466 g/mol. The lowest BCUT2D eigenvalue weighted by Gasteiger charge is -2.48. The van der Waals surface area contributed by atoms with Gasteiger partial charge in [0.25, 0.3) is 0 Å². The summed E-state index contributed by atoms with van der Waals surface area (Å²) < 4.78 is 7.67. The van der Waals surface area contributed by atoms with E-state index in [9.17, 15) is 0 Å². The summed E-state index contributed by atoms with van der Waals surface area (Å²) in [6.45, 7) is 3.81. The van der Waals surface area contributed by atoms with Gasteiger partial charge in [0.1, 0.15) is 17.7 Å². The second kappa shape index (κ2) is 8.28. The molecule has 9 heteroatoms. The largest absolute Gasteiger partial charge is 0.377 e. The van der Waals surface area contributed by atoms with Crippen molar-refractivity contribution in [1.82, 2.24) is 35.1 Å². The highest BCUT2D eigenvalue weighted by atomic mass is 16.5. The van der Waals surface area contributed by atoms with Gasteiger partial charge in [-0.1, -0.05) is 35.5 Å². The highest BCUT2D eigenvalue weighted by molar-refractivity contribution is 5.85. The average molecular weight is 467 g/mol. The first-order chi connectivity index (χ1) is 17.3. The smallest absolute Gasteiger partial charge is 0.146 e. The van der Waals surface area contributed by atoms with E-state index >= 15 is 0 Å². The minimum atomic E-state index is -0.143. The van der Waals surface area contributed by atoms with Crippen molar-refractivity contribution in [3.05, 3.63) is 89.8 Å². The minimum absolute atomic E-state index is 0.143. The van der Waals surface area contributed by atoms with Crippen molar-refractivity contribution in [2.24, 2.45) is 4.99 Å². The third-order valence-electron chi connectivity index (χ3n) is 6.99. The molecule has 176 valence electrons. The molecule has 7 rings (SSSR count). The number of nitrogens with zero attached hydrogens (tertiary/aromatic N) is 6. The molecule has 1 saturated heterocycles. The Bertz CT molecular complexity index is 1420. The second-order valence-corrected chi connectivity index (χ2v) is 9.14. The Kier molecular flexibility index (Phi) is 4.80. The van der Waals surface area contributed by atoms with Crippen molar-refractivity contribution in [2.45, 2.75) is 18.8 Å². The number of benzene rings is 2. The third-order valence-corrected chi connectivity index (χ3v) is 6.99. The van der Waals surface area contributed by atoms with Gasteiger partial charge in [-0.3, -0.25) is 4.99 Å². The summed E-state index contributed by atoms with van der Waals surface area (Å²) >= 11 is 0. The summed E-state index contributed by atoms with van der Waals surface area (Å²) in [5.41, 5.74) is 5.29. The fourth-order valence-electron chi connectivity index (χ4n) is 5.29. The highest BCUT2D eigenvalue weighted by Crippen LogP contribution is 2.33. The summed E-state index contributed by atoms with van der Waals surface area (Å²) in [5.74, 6) is 1.12. The number of hydrogen-bond donors (Lipinski definition) is 2. The van der Waals surface area contributed by atoms with E-state index in [1.165, 1.54) is 10.9 Å². The van der Waals surface area contributed by atoms with Crippen molar-refractivity contribution in [3.63, 3.8) is 0 Å². The molecule has 0 saturated carbocycles. The molecule has 0 radical (unpaired) electrons. The van der Waals surface area contributed by atoms with E-state index in [1.54, 1.807) is 0 Å². The maximum Gasteiger partial charge on any atom is 0.146 e. The highest BCUT2D eigenvalue weighted by Gasteiger charge is 2.37. The van der Waals surface area contributed by atoms with E-state index in [-0.39, 0.29) is 12.2 Å². The molecule has 3 aliphatic rings. The quantitative estimate of drug-likeness (QED) is 0.481. The normalized spacial score (nSPS) is 21.7. The maximum atomic E-state index is 5.85. The predicted octanol–water partition coefficient (Wildman–Crippen LogP) is 2.81. The van der Waals surface area contributed by atoms with Gasteiger partial charge in [0.2, 0.25) is 0 Å². The molecule has 2 N–H and O–H groups in total. The van der Waals surface area contributed by atoms with Crippen LogP contribution in [0.15, 0.2) is 83.5 Å². The lowest BCUT2D eigenvalue weighted by Crippen LogP contribution is -2.58. The van der Waals surface area contributed by atoms with Crippen LogP contribution in [0.4, 0.5) is 0 Å². The van der Waals surface area contributed by atoms with Crippen LogP contribution in [0.1, 0.15) is 17.4 Å². The number of aromatic amines is 1. The molecule has 5 heterocycles. The van der Waals surface area contributed by atoms with Crippen molar-refractivity contribution in [1.29, 1.82) is 0 Å². The van der Waals surface area contributed by atoms with Gasteiger partial charge in [-0.25, -0.2) is 4.68 Å². The van der Waals surface area contributed by atoms with Gasteiger partial charge in [0.05, 0.1) is 49.6 Å². The number of H-pyrrole nitrogens is 1. The van der Waals surface area contributed by atoms with Crippen LogP contribution in [0.2, 0.25) is 0 Å². The summed E-state index contributed by atoms with van der Waals surface area (Å²) in [6, 6.07) is 18.8. The minimum Gasteiger partial charge on any atom is -0.377 e. The standard InChI is InChI=1S/C26H26N8O/c1-2-5-19(6-3-1)34-15-18(30-31-34)14-32-16-20-17-35-12-11-33(20)26-24(32)13-28-25(29-26)22-7-4-8-23-21(22)9-10-27-23/h1-10,13,15,20,25,27,29H,11-12,14,16-17H2. The molecule has 0 amide bonds. The maximum absolute atomic E-state index is 5.85. The van der Waals surface area contributed by atoms with E-state index in [2.05, 4.69) is 54.7 Å². The number of rotatable bonds is 4. The zero-order chi connectivity index (χ0) is 23.2. The fraction of sp³-hybridized carbons (Fsp3) is 0.269. The van der Waals surface area contributed by atoms with Crippen LogP contribution in [0.3, 0.4) is 0 Å². The zero-order valence-electron chi connectivity index (χ0n) is 19.2. The number of para-hydroxylation sites is 1. The van der Waals surface area contributed by atoms with Crippen molar-refractivity contribution < 1.29 is 4.74 Å². The number of morpholine rings is 1. The van der Waals surface area contributed by atoms with Crippen molar-refractivity contribution >= 4 is 17.1 Å². The second-order valence-electron chi connectivity index (χ2n) is 9.14. The third kappa shape index (κ3) is 3.55. The molecule has 0 aliphatic carbocycles. The van der Waals surface area contributed by atoms with Crippen LogP contribution in [0.25, 0.3) is 16.6 Å². The summed E-state index contributed by atoms with van der Waals surface area (Å²) in [4.78, 5) is 13.0. The predicted molar refractivity (Wildman–Crippen MR) is 133 cm³/mol. The Hall–Kier alpha value is -4.11. The van der Waals surface area contributed by atoms with Crippen LogP contribution in [-0.2, 0) is 11.3 Å². The van der Waals surface area contributed by atoms with Gasteiger partial charge in [-0.15, -0.1) is 5.10 Å². The van der Waals surface area contributed by atoms with Crippen LogP contribution in [0, 0.1) is 0 Å². The van der Waals surface area contributed by atoms with Gasteiger partial charge < -0.3 is 24.8 Å². The summed E-state index contributed by atoms with van der Waals surface area (Å²) in [6.07, 6.45) is 5.86. The molecule has 1 fully saturated rings. The molecule has 2 atom stereocenters. The molecule has 0 spiro atoms. The molecule has 2 aromatic carbocycles. The van der Waals surface area contributed by atoms with Crippen LogP contribution in [-0.4, -0.2) is 68.3 Å². The van der Waals surface area contributed by atoms with E-state index in [4.69, 9.17) is 9.73 Å². The van der Waals surface area contributed by atoms with E-state index in [1.807, 2.05) is 53.6 Å². The first-order valence-corrected chi connectivity index (χ1v) is 12.0. The fourth-order valence-corrected chi connectivity index (χ4v) is 5.29. The molecule has 9 nitrogen and oxygen atoms in total. The van der Waals surface area contributed by atoms with Gasteiger partial charge in [0, 0.05) is 35.8 Å². The average Bonchev–Trinajstić information content (AvgIpc) is 3.59. The number of nitrogens with one attached hydrogen (secondary N) is 2. The lowest BCUT2D eigenvalue weighted by atomic mass is 10.0. The molecule has 0 bridgehead atoms. The van der Waals surface area contributed by atoms with E-state index in [0.29, 0.717) is 13.2 Å².